The van der Waals surface area contributed by atoms with E-state index < -0.39 is 0 Å². The zero-order valence-electron chi connectivity index (χ0n) is 22.4. The molecule has 4 rings (SSSR count). The second-order valence-corrected chi connectivity index (χ2v) is 10.3. The first-order valence-corrected chi connectivity index (χ1v) is 13.2. The molecule has 37 heavy (non-hydrogen) atoms. The number of rotatable bonds is 8. The van der Waals surface area contributed by atoms with Gasteiger partial charge in [0.15, 0.2) is 0 Å². The molecule has 0 aliphatic carbocycles. The number of para-hydroxylation sites is 1. The molecule has 1 aliphatic heterocycles. The van der Waals surface area contributed by atoms with Gasteiger partial charge in [0.25, 0.3) is 5.91 Å². The van der Waals surface area contributed by atoms with Gasteiger partial charge in [-0.05, 0) is 69.2 Å². The molecule has 5 heteroatoms. The Morgan fingerprint density at radius 1 is 1.00 bits per heavy atom. The van der Waals surface area contributed by atoms with E-state index in [0.717, 1.165) is 36.4 Å². The number of hydrogen-bond acceptors (Lipinski definition) is 4. The van der Waals surface area contributed by atoms with Crippen LogP contribution in [0.1, 0.15) is 55.2 Å². The minimum absolute atomic E-state index is 0.0106. The number of piperazine rings is 1. The Hall–Kier alpha value is -3.41. The predicted molar refractivity (Wildman–Crippen MR) is 152 cm³/mol. The van der Waals surface area contributed by atoms with Gasteiger partial charge in [0.2, 0.25) is 0 Å². The van der Waals surface area contributed by atoms with Crippen LogP contribution >= 0.6 is 0 Å². The fourth-order valence-corrected chi connectivity index (χ4v) is 5.55. The number of phenolic OH excluding ortho intramolecular Hbond substituents is 1. The molecule has 1 heterocycles. The number of hydrogen-bond donors (Lipinski definition) is 1. The van der Waals surface area contributed by atoms with Gasteiger partial charge < -0.3 is 10.0 Å². The molecule has 0 radical (unpaired) electrons. The summed E-state index contributed by atoms with van der Waals surface area (Å²) in [6.07, 6.45) is 1.96. The minimum Gasteiger partial charge on any atom is -0.508 e. The van der Waals surface area contributed by atoms with E-state index in [1.165, 1.54) is 0 Å². The highest BCUT2D eigenvalue weighted by Gasteiger charge is 2.36. The number of aromatic hydroxyl groups is 1. The third kappa shape index (κ3) is 5.79. The van der Waals surface area contributed by atoms with Crippen LogP contribution < -0.4 is 4.90 Å². The molecule has 3 aromatic carbocycles. The van der Waals surface area contributed by atoms with Crippen molar-refractivity contribution in [3.8, 4) is 5.75 Å². The Labute approximate surface area is 221 Å². The lowest BCUT2D eigenvalue weighted by atomic mass is 9.89. The van der Waals surface area contributed by atoms with E-state index in [1.54, 1.807) is 6.07 Å². The van der Waals surface area contributed by atoms with Gasteiger partial charge in [0.1, 0.15) is 5.75 Å². The summed E-state index contributed by atoms with van der Waals surface area (Å²) in [5.74, 6) is 0.207. The maximum absolute atomic E-state index is 14.2. The third-order valence-corrected chi connectivity index (χ3v) is 7.30. The fraction of sp³-hybridized carbons (Fsp3) is 0.344. The van der Waals surface area contributed by atoms with Gasteiger partial charge in [-0.15, -0.1) is 6.58 Å². The van der Waals surface area contributed by atoms with Gasteiger partial charge in [-0.1, -0.05) is 54.6 Å². The van der Waals surface area contributed by atoms with Gasteiger partial charge in [-0.2, -0.15) is 0 Å². The lowest BCUT2D eigenvalue weighted by molar-refractivity contribution is 0.0304. The molecule has 1 amide bonds. The van der Waals surface area contributed by atoms with Crippen LogP contribution in [0.25, 0.3) is 0 Å². The average Bonchev–Trinajstić information content (AvgIpc) is 2.88. The van der Waals surface area contributed by atoms with Crippen LogP contribution in [0.15, 0.2) is 91.5 Å². The maximum atomic E-state index is 14.2. The van der Waals surface area contributed by atoms with Crippen LogP contribution in [0.3, 0.4) is 0 Å². The Balaban J connectivity index is 1.82. The smallest absolute Gasteiger partial charge is 0.258 e. The summed E-state index contributed by atoms with van der Waals surface area (Å²) in [6.45, 7) is 15.1. The van der Waals surface area contributed by atoms with Gasteiger partial charge in [-0.25, -0.2) is 0 Å². The molecule has 5 nitrogen and oxygen atoms in total. The van der Waals surface area contributed by atoms with Crippen LogP contribution in [0.2, 0.25) is 0 Å². The second kappa shape index (κ2) is 11.8. The first-order valence-electron chi connectivity index (χ1n) is 13.2. The molecule has 0 aromatic heterocycles. The molecule has 0 unspecified atom stereocenters. The number of carbonyl (C=O) groups is 1. The van der Waals surface area contributed by atoms with Crippen LogP contribution in [-0.4, -0.2) is 58.6 Å². The normalized spacial score (nSPS) is 19.5. The predicted octanol–water partition coefficient (Wildman–Crippen LogP) is 6.12. The average molecular weight is 498 g/mol. The summed E-state index contributed by atoms with van der Waals surface area (Å²) >= 11 is 0. The fourth-order valence-electron chi connectivity index (χ4n) is 5.55. The molecule has 1 fully saturated rings. The zero-order valence-corrected chi connectivity index (χ0v) is 22.4. The highest BCUT2D eigenvalue weighted by molar-refractivity contribution is 6.07. The highest BCUT2D eigenvalue weighted by atomic mass is 16.3. The van der Waals surface area contributed by atoms with Gasteiger partial charge >= 0.3 is 0 Å². The summed E-state index contributed by atoms with van der Waals surface area (Å²) in [5, 5.41) is 10.4. The van der Waals surface area contributed by atoms with Crippen molar-refractivity contribution in [2.45, 2.75) is 51.9 Å². The first-order chi connectivity index (χ1) is 17.8. The Kier molecular flexibility index (Phi) is 8.47. The first kappa shape index (κ1) is 26.6. The van der Waals surface area contributed by atoms with Crippen molar-refractivity contribution < 1.29 is 9.90 Å². The van der Waals surface area contributed by atoms with Crippen molar-refractivity contribution in [1.82, 2.24) is 9.80 Å². The van der Waals surface area contributed by atoms with Gasteiger partial charge in [0.05, 0.1) is 6.04 Å². The molecule has 194 valence electrons. The van der Waals surface area contributed by atoms with E-state index in [2.05, 4.69) is 42.4 Å². The SMILES string of the molecule is C=CCN1C[C@H](C)N([C@H](c2cccc(O)c2)c2ccccc2C(=O)N(c2ccccc2)C(C)C)C[C@H]1C. The molecular weight excluding hydrogens is 458 g/mol. The lowest BCUT2D eigenvalue weighted by Crippen LogP contribution is -2.57. The van der Waals surface area contributed by atoms with Crippen LogP contribution in [0.4, 0.5) is 5.69 Å². The van der Waals surface area contributed by atoms with E-state index in [-0.39, 0.29) is 29.8 Å². The van der Waals surface area contributed by atoms with E-state index in [4.69, 9.17) is 0 Å². The van der Waals surface area contributed by atoms with Crippen molar-refractivity contribution in [3.63, 3.8) is 0 Å². The number of amides is 1. The van der Waals surface area contributed by atoms with Crippen molar-refractivity contribution in [3.05, 3.63) is 108 Å². The van der Waals surface area contributed by atoms with Crippen molar-refractivity contribution >= 4 is 11.6 Å². The van der Waals surface area contributed by atoms with E-state index in [1.807, 2.05) is 85.5 Å². The number of benzene rings is 3. The van der Waals surface area contributed by atoms with Crippen LogP contribution in [0.5, 0.6) is 5.75 Å². The van der Waals surface area contributed by atoms with Crippen molar-refractivity contribution in [1.29, 1.82) is 0 Å². The van der Waals surface area contributed by atoms with Crippen LogP contribution in [-0.2, 0) is 0 Å². The number of nitrogens with zero attached hydrogens (tertiary/aromatic N) is 3. The van der Waals surface area contributed by atoms with E-state index in [9.17, 15) is 9.90 Å². The lowest BCUT2D eigenvalue weighted by Gasteiger charge is -2.47. The van der Waals surface area contributed by atoms with E-state index >= 15 is 0 Å². The van der Waals surface area contributed by atoms with Crippen molar-refractivity contribution in [2.24, 2.45) is 0 Å². The summed E-state index contributed by atoms with van der Waals surface area (Å²) in [7, 11) is 0. The number of phenols is 1. The Morgan fingerprint density at radius 3 is 2.38 bits per heavy atom. The standard InChI is InChI=1S/C32H39N3O2/c1-6-19-33-21-25(5)34(22-24(33)4)31(26-13-12-16-28(36)20-26)29-17-10-11-18-30(29)32(37)35(23(2)3)27-14-8-7-9-15-27/h6-18,20,23-25,31,36H,1,19,21-22H2,2-5H3/t24-,25+,31-/m1/s1. The monoisotopic (exact) mass is 497 g/mol. The molecular formula is C32H39N3O2. The topological polar surface area (TPSA) is 47.0 Å². The highest BCUT2D eigenvalue weighted by Crippen LogP contribution is 2.37. The Bertz CT molecular complexity index is 1210. The van der Waals surface area contributed by atoms with Crippen LogP contribution in [0, 0.1) is 0 Å². The number of carbonyl (C=O) groups excluding carboxylic acids is 1. The molecule has 1 N–H and O–H groups in total. The van der Waals surface area contributed by atoms with Crippen molar-refractivity contribution in [2.75, 3.05) is 24.5 Å². The number of anilines is 1. The largest absolute Gasteiger partial charge is 0.508 e. The van der Waals surface area contributed by atoms with E-state index in [0.29, 0.717) is 11.6 Å². The summed E-state index contributed by atoms with van der Waals surface area (Å²) in [6, 6.07) is 25.6. The molecule has 1 aliphatic rings. The van der Waals surface area contributed by atoms with Gasteiger partial charge in [0, 0.05) is 49.0 Å². The molecule has 3 atom stereocenters. The summed E-state index contributed by atoms with van der Waals surface area (Å²) in [4.78, 5) is 21.0. The molecule has 0 spiro atoms. The second-order valence-electron chi connectivity index (χ2n) is 10.3. The molecule has 0 bridgehead atoms. The minimum atomic E-state index is -0.180. The third-order valence-electron chi connectivity index (χ3n) is 7.30. The van der Waals surface area contributed by atoms with Gasteiger partial charge in [-0.3, -0.25) is 14.6 Å². The molecule has 3 aromatic rings. The maximum Gasteiger partial charge on any atom is 0.258 e. The molecule has 0 saturated carbocycles. The zero-order chi connectivity index (χ0) is 26.5. The summed E-state index contributed by atoms with van der Waals surface area (Å²) < 4.78 is 0. The molecule has 1 saturated heterocycles. The quantitative estimate of drug-likeness (QED) is 0.381. The summed E-state index contributed by atoms with van der Waals surface area (Å²) in [5.41, 5.74) is 3.50. The Morgan fingerprint density at radius 2 is 1.70 bits per heavy atom.